The van der Waals surface area contributed by atoms with Crippen molar-refractivity contribution < 1.29 is 4.74 Å². The second-order valence-corrected chi connectivity index (χ2v) is 5.11. The molecule has 0 aliphatic carbocycles. The molecule has 20 heavy (non-hydrogen) atoms. The van der Waals surface area contributed by atoms with Crippen LogP contribution in [0.25, 0.3) is 0 Å². The average molecular weight is 313 g/mol. The molecule has 0 aliphatic heterocycles. The van der Waals surface area contributed by atoms with Crippen LogP contribution >= 0.6 is 23.2 Å². The monoisotopic (exact) mass is 312 g/mol. The summed E-state index contributed by atoms with van der Waals surface area (Å²) >= 11 is 12.0. The predicted octanol–water partition coefficient (Wildman–Crippen LogP) is 4.44. The van der Waals surface area contributed by atoms with Gasteiger partial charge in [-0.1, -0.05) is 24.6 Å². The van der Waals surface area contributed by atoms with Gasteiger partial charge in [0.05, 0.1) is 17.3 Å². The number of halogens is 2. The number of hydrogen-bond donors (Lipinski definition) is 0. The van der Waals surface area contributed by atoms with Gasteiger partial charge in [-0.25, -0.2) is 0 Å². The van der Waals surface area contributed by atoms with Gasteiger partial charge in [-0.3, -0.25) is 4.68 Å². The standard InChI is InChI=1S/C15H18Cl2N2O/c1-3-11-8-12(19(4-2)18-11)10-20-15-7-5-6-14(17)13(15)9-16/h5-8H,3-4,9-10H2,1-2H3. The van der Waals surface area contributed by atoms with Crippen LogP contribution in [0.5, 0.6) is 5.75 Å². The molecule has 0 atom stereocenters. The van der Waals surface area contributed by atoms with Crippen LogP contribution in [0, 0.1) is 0 Å². The van der Waals surface area contributed by atoms with E-state index in [2.05, 4.69) is 25.0 Å². The highest BCUT2D eigenvalue weighted by Crippen LogP contribution is 2.28. The fourth-order valence-corrected chi connectivity index (χ4v) is 2.61. The first kappa shape index (κ1) is 15.2. The van der Waals surface area contributed by atoms with Gasteiger partial charge in [0, 0.05) is 17.1 Å². The van der Waals surface area contributed by atoms with Crippen LogP contribution in [0.2, 0.25) is 5.02 Å². The molecule has 0 radical (unpaired) electrons. The van der Waals surface area contributed by atoms with E-state index >= 15 is 0 Å². The van der Waals surface area contributed by atoms with Gasteiger partial charge in [-0.15, -0.1) is 11.6 Å². The van der Waals surface area contributed by atoms with Crippen LogP contribution < -0.4 is 4.74 Å². The summed E-state index contributed by atoms with van der Waals surface area (Å²) in [7, 11) is 0. The Morgan fingerprint density at radius 3 is 2.75 bits per heavy atom. The zero-order valence-corrected chi connectivity index (χ0v) is 13.2. The van der Waals surface area contributed by atoms with Crippen molar-refractivity contribution in [2.45, 2.75) is 39.3 Å². The van der Waals surface area contributed by atoms with Crippen molar-refractivity contribution in [3.63, 3.8) is 0 Å². The summed E-state index contributed by atoms with van der Waals surface area (Å²) < 4.78 is 7.83. The zero-order chi connectivity index (χ0) is 14.5. The molecule has 3 nitrogen and oxygen atoms in total. The predicted molar refractivity (Wildman–Crippen MR) is 82.6 cm³/mol. The van der Waals surface area contributed by atoms with Gasteiger partial charge in [-0.2, -0.15) is 5.10 Å². The van der Waals surface area contributed by atoms with Crippen LogP contribution in [-0.4, -0.2) is 9.78 Å². The lowest BCUT2D eigenvalue weighted by molar-refractivity contribution is 0.290. The SMILES string of the molecule is CCc1cc(COc2cccc(Cl)c2CCl)n(CC)n1. The van der Waals surface area contributed by atoms with Gasteiger partial charge in [0.1, 0.15) is 12.4 Å². The maximum Gasteiger partial charge on any atom is 0.130 e. The molecule has 1 heterocycles. The number of rotatable bonds is 6. The second-order valence-electron chi connectivity index (χ2n) is 4.44. The Hall–Kier alpha value is -1.19. The molecular formula is C15H18Cl2N2O. The molecular weight excluding hydrogens is 295 g/mol. The van der Waals surface area contributed by atoms with Gasteiger partial charge >= 0.3 is 0 Å². The number of benzene rings is 1. The molecule has 0 aliphatic rings. The van der Waals surface area contributed by atoms with Gasteiger partial charge < -0.3 is 4.74 Å². The molecule has 0 saturated heterocycles. The molecule has 0 amide bonds. The van der Waals surface area contributed by atoms with Gasteiger partial charge in [-0.05, 0) is 31.5 Å². The maximum absolute atomic E-state index is 6.11. The highest BCUT2D eigenvalue weighted by Gasteiger charge is 2.10. The Kier molecular flexibility index (Phi) is 5.32. The maximum atomic E-state index is 6.11. The average Bonchev–Trinajstić information content (AvgIpc) is 2.87. The quantitative estimate of drug-likeness (QED) is 0.737. The molecule has 0 spiro atoms. The molecule has 0 bridgehead atoms. The summed E-state index contributed by atoms with van der Waals surface area (Å²) in [4.78, 5) is 0. The van der Waals surface area contributed by atoms with E-state index in [1.165, 1.54) is 0 Å². The molecule has 0 N–H and O–H groups in total. The number of aryl methyl sites for hydroxylation is 2. The summed E-state index contributed by atoms with van der Waals surface area (Å²) in [6.45, 7) is 5.46. The number of hydrogen-bond acceptors (Lipinski definition) is 2. The number of nitrogens with zero attached hydrogens (tertiary/aromatic N) is 2. The third kappa shape index (κ3) is 3.28. The molecule has 0 unspecified atom stereocenters. The van der Waals surface area contributed by atoms with Crippen molar-refractivity contribution in [3.05, 3.63) is 46.2 Å². The number of alkyl halides is 1. The van der Waals surface area contributed by atoms with Gasteiger partial charge in [0.2, 0.25) is 0 Å². The smallest absolute Gasteiger partial charge is 0.130 e. The van der Waals surface area contributed by atoms with E-state index < -0.39 is 0 Å². The Morgan fingerprint density at radius 1 is 1.30 bits per heavy atom. The Labute approximate surface area is 129 Å². The fourth-order valence-electron chi connectivity index (χ4n) is 2.03. The van der Waals surface area contributed by atoms with Gasteiger partial charge in [0.15, 0.2) is 0 Å². The zero-order valence-electron chi connectivity index (χ0n) is 11.7. The van der Waals surface area contributed by atoms with Crippen molar-refractivity contribution >= 4 is 23.2 Å². The number of ether oxygens (including phenoxy) is 1. The van der Waals surface area contributed by atoms with Crippen molar-refractivity contribution in [2.75, 3.05) is 0 Å². The fraction of sp³-hybridized carbons (Fsp3) is 0.400. The van der Waals surface area contributed by atoms with Crippen LogP contribution in [-0.2, 0) is 25.5 Å². The molecule has 1 aromatic carbocycles. The first-order chi connectivity index (χ1) is 9.69. The molecule has 5 heteroatoms. The molecule has 2 rings (SSSR count). The summed E-state index contributed by atoms with van der Waals surface area (Å²) in [6.07, 6.45) is 0.921. The van der Waals surface area contributed by atoms with Crippen molar-refractivity contribution in [2.24, 2.45) is 0 Å². The minimum absolute atomic E-state index is 0.336. The normalized spacial score (nSPS) is 10.8. The first-order valence-electron chi connectivity index (χ1n) is 6.71. The third-order valence-corrected chi connectivity index (χ3v) is 3.78. The summed E-state index contributed by atoms with van der Waals surface area (Å²) in [5, 5.41) is 5.14. The Balaban J connectivity index is 2.16. The summed E-state index contributed by atoms with van der Waals surface area (Å²) in [5.74, 6) is 1.07. The number of aromatic nitrogens is 2. The van der Waals surface area contributed by atoms with Crippen molar-refractivity contribution in [1.29, 1.82) is 0 Å². The van der Waals surface area contributed by atoms with Crippen LogP contribution in [0.1, 0.15) is 30.8 Å². The lowest BCUT2D eigenvalue weighted by atomic mass is 10.2. The van der Waals surface area contributed by atoms with Crippen molar-refractivity contribution in [1.82, 2.24) is 9.78 Å². The van der Waals surface area contributed by atoms with E-state index in [4.69, 9.17) is 27.9 Å². The molecule has 0 fully saturated rings. The van der Waals surface area contributed by atoms with Crippen molar-refractivity contribution in [3.8, 4) is 5.75 Å². The lowest BCUT2D eigenvalue weighted by Crippen LogP contribution is -2.07. The molecule has 108 valence electrons. The van der Waals surface area contributed by atoms with E-state index in [1.807, 2.05) is 22.9 Å². The third-order valence-electron chi connectivity index (χ3n) is 3.16. The topological polar surface area (TPSA) is 27.1 Å². The first-order valence-corrected chi connectivity index (χ1v) is 7.62. The van der Waals surface area contributed by atoms with Crippen LogP contribution in [0.15, 0.2) is 24.3 Å². The van der Waals surface area contributed by atoms with E-state index in [9.17, 15) is 0 Å². The largest absolute Gasteiger partial charge is 0.487 e. The summed E-state index contributed by atoms with van der Waals surface area (Å²) in [6, 6.07) is 7.64. The van der Waals surface area contributed by atoms with Crippen LogP contribution in [0.4, 0.5) is 0 Å². The van der Waals surface area contributed by atoms with E-state index in [1.54, 1.807) is 0 Å². The molecule has 1 aromatic heterocycles. The highest BCUT2D eigenvalue weighted by atomic mass is 35.5. The lowest BCUT2D eigenvalue weighted by Gasteiger charge is -2.11. The van der Waals surface area contributed by atoms with Crippen LogP contribution in [0.3, 0.4) is 0 Å². The van der Waals surface area contributed by atoms with E-state index in [0.717, 1.165) is 35.7 Å². The molecule has 2 aromatic rings. The van der Waals surface area contributed by atoms with Gasteiger partial charge in [0.25, 0.3) is 0 Å². The molecule has 0 saturated carbocycles. The Bertz CT molecular complexity index is 581. The highest BCUT2D eigenvalue weighted by molar-refractivity contribution is 6.32. The minimum atomic E-state index is 0.336. The minimum Gasteiger partial charge on any atom is -0.487 e. The Morgan fingerprint density at radius 2 is 2.10 bits per heavy atom. The summed E-state index contributed by atoms with van der Waals surface area (Å²) in [5.41, 5.74) is 2.97. The van der Waals surface area contributed by atoms with E-state index in [0.29, 0.717) is 17.5 Å². The second kappa shape index (κ2) is 7.00. The van der Waals surface area contributed by atoms with E-state index in [-0.39, 0.29) is 0 Å².